The highest BCUT2D eigenvalue weighted by atomic mass is 16.5. The molecule has 0 fully saturated rings. The lowest BCUT2D eigenvalue weighted by Crippen LogP contribution is -1.96. The summed E-state index contributed by atoms with van der Waals surface area (Å²) < 4.78 is 5.50. The predicted octanol–water partition coefficient (Wildman–Crippen LogP) is 1.64. The van der Waals surface area contributed by atoms with Gasteiger partial charge in [0.15, 0.2) is 0 Å². The molecule has 2 heteroatoms. The maximum atomic E-state index is 5.52. The highest BCUT2D eigenvalue weighted by Gasteiger charge is 2.19. The summed E-state index contributed by atoms with van der Waals surface area (Å²) >= 11 is 0. The summed E-state index contributed by atoms with van der Waals surface area (Å²) in [5, 5.41) is 0. The molecule has 2 rings (SSSR count). The van der Waals surface area contributed by atoms with Crippen LogP contribution in [-0.4, -0.2) is 6.61 Å². The van der Waals surface area contributed by atoms with Gasteiger partial charge in [-0.2, -0.15) is 0 Å². The Bertz CT molecular complexity index is 296. The number of fused-ring (bicyclic) bond motifs is 1. The fourth-order valence-electron chi connectivity index (χ4n) is 1.54. The Balaban J connectivity index is 2.41. The van der Waals surface area contributed by atoms with Crippen LogP contribution in [0.2, 0.25) is 0 Å². The van der Waals surface area contributed by atoms with Gasteiger partial charge in [-0.25, -0.2) is 0 Å². The number of nitrogens with two attached hydrogens (primary N) is 1. The molecule has 0 saturated carbocycles. The second-order valence-corrected chi connectivity index (χ2v) is 3.29. The van der Waals surface area contributed by atoms with Crippen LogP contribution in [-0.2, 0) is 6.54 Å². The van der Waals surface area contributed by atoms with Gasteiger partial charge in [-0.15, -0.1) is 0 Å². The molecule has 0 radical (unpaired) electrons. The fraction of sp³-hybridized carbons (Fsp3) is 0.400. The van der Waals surface area contributed by atoms with E-state index in [1.165, 1.54) is 5.56 Å². The zero-order valence-corrected chi connectivity index (χ0v) is 7.21. The lowest BCUT2D eigenvalue weighted by molar-refractivity contribution is 0.337. The summed E-state index contributed by atoms with van der Waals surface area (Å²) in [4.78, 5) is 0. The lowest BCUT2D eigenvalue weighted by atomic mass is 10.0. The van der Waals surface area contributed by atoms with Crippen LogP contribution in [0.1, 0.15) is 24.0 Å². The summed E-state index contributed by atoms with van der Waals surface area (Å²) in [5.74, 6) is 1.55. The number of hydrogen-bond donors (Lipinski definition) is 1. The molecule has 2 nitrogen and oxygen atoms in total. The van der Waals surface area contributed by atoms with E-state index in [4.69, 9.17) is 10.5 Å². The molecule has 64 valence electrons. The normalized spacial score (nSPS) is 20.3. The molecule has 1 aromatic carbocycles. The molecule has 1 atom stereocenters. The van der Waals surface area contributed by atoms with Crippen molar-refractivity contribution in [2.45, 2.75) is 19.4 Å². The van der Waals surface area contributed by atoms with Crippen molar-refractivity contribution in [2.24, 2.45) is 5.73 Å². The third-order valence-corrected chi connectivity index (χ3v) is 2.33. The summed E-state index contributed by atoms with van der Waals surface area (Å²) in [7, 11) is 0. The fourth-order valence-corrected chi connectivity index (χ4v) is 1.54. The van der Waals surface area contributed by atoms with Gasteiger partial charge in [0.2, 0.25) is 0 Å². The molecule has 1 unspecified atom stereocenters. The van der Waals surface area contributed by atoms with E-state index in [2.05, 4.69) is 19.1 Å². The number of hydrogen-bond acceptors (Lipinski definition) is 2. The van der Waals surface area contributed by atoms with Gasteiger partial charge < -0.3 is 10.5 Å². The third kappa shape index (κ3) is 1.08. The van der Waals surface area contributed by atoms with Gasteiger partial charge in [-0.05, 0) is 11.6 Å². The molecule has 0 spiro atoms. The van der Waals surface area contributed by atoms with E-state index in [9.17, 15) is 0 Å². The van der Waals surface area contributed by atoms with E-state index in [0.717, 1.165) is 17.9 Å². The van der Waals surface area contributed by atoms with Gasteiger partial charge in [0, 0.05) is 18.0 Å². The minimum Gasteiger partial charge on any atom is -0.493 e. The first kappa shape index (κ1) is 7.62. The molecule has 1 aliphatic rings. The Kier molecular flexibility index (Phi) is 1.77. The first-order valence-corrected chi connectivity index (χ1v) is 4.27. The van der Waals surface area contributed by atoms with Gasteiger partial charge in [-0.1, -0.05) is 19.1 Å². The van der Waals surface area contributed by atoms with Crippen molar-refractivity contribution >= 4 is 0 Å². The maximum absolute atomic E-state index is 5.52. The van der Waals surface area contributed by atoms with Crippen LogP contribution in [0.4, 0.5) is 0 Å². The van der Waals surface area contributed by atoms with Gasteiger partial charge in [0.05, 0.1) is 6.61 Å². The van der Waals surface area contributed by atoms with Crippen molar-refractivity contribution in [3.8, 4) is 5.75 Å². The number of rotatable bonds is 1. The molecular formula is C10H13NO. The summed E-state index contributed by atoms with van der Waals surface area (Å²) in [6, 6.07) is 6.23. The summed E-state index contributed by atoms with van der Waals surface area (Å²) in [5.41, 5.74) is 7.98. The maximum Gasteiger partial charge on any atom is 0.123 e. The topological polar surface area (TPSA) is 35.2 Å². The van der Waals surface area contributed by atoms with Gasteiger partial charge >= 0.3 is 0 Å². The van der Waals surface area contributed by atoms with E-state index in [-0.39, 0.29) is 0 Å². The van der Waals surface area contributed by atoms with E-state index in [0.29, 0.717) is 12.5 Å². The monoisotopic (exact) mass is 163 g/mol. The zero-order valence-electron chi connectivity index (χ0n) is 7.21. The molecule has 0 aromatic heterocycles. The molecular weight excluding hydrogens is 150 g/mol. The standard InChI is InChI=1S/C10H13NO/c1-7-6-12-10-4-8(5-11)2-3-9(7)10/h2-4,7H,5-6,11H2,1H3. The van der Waals surface area contributed by atoms with Gasteiger partial charge in [-0.3, -0.25) is 0 Å². The molecule has 1 aromatic rings. The number of benzene rings is 1. The predicted molar refractivity (Wildman–Crippen MR) is 48.2 cm³/mol. The van der Waals surface area contributed by atoms with Crippen molar-refractivity contribution in [3.63, 3.8) is 0 Å². The molecule has 1 aliphatic heterocycles. The van der Waals surface area contributed by atoms with E-state index < -0.39 is 0 Å². The van der Waals surface area contributed by atoms with Gasteiger partial charge in [0.1, 0.15) is 5.75 Å². The van der Waals surface area contributed by atoms with Crippen LogP contribution < -0.4 is 10.5 Å². The largest absolute Gasteiger partial charge is 0.493 e. The second kappa shape index (κ2) is 2.79. The smallest absolute Gasteiger partial charge is 0.123 e. The first-order chi connectivity index (χ1) is 5.81. The molecule has 0 amide bonds. The van der Waals surface area contributed by atoms with Crippen molar-refractivity contribution in [1.29, 1.82) is 0 Å². The molecule has 2 N–H and O–H groups in total. The van der Waals surface area contributed by atoms with Crippen molar-refractivity contribution in [3.05, 3.63) is 29.3 Å². The number of ether oxygens (including phenoxy) is 1. The van der Waals surface area contributed by atoms with Crippen LogP contribution in [0.3, 0.4) is 0 Å². The van der Waals surface area contributed by atoms with Crippen LogP contribution in [0, 0.1) is 0 Å². The van der Waals surface area contributed by atoms with E-state index in [1.54, 1.807) is 0 Å². The molecule has 1 heterocycles. The van der Waals surface area contributed by atoms with Crippen LogP contribution >= 0.6 is 0 Å². The molecule has 0 aliphatic carbocycles. The van der Waals surface area contributed by atoms with Crippen LogP contribution in [0.25, 0.3) is 0 Å². The molecule has 0 saturated heterocycles. The molecule has 12 heavy (non-hydrogen) atoms. The zero-order chi connectivity index (χ0) is 8.55. The minimum atomic E-state index is 0.534. The lowest BCUT2D eigenvalue weighted by Gasteiger charge is -2.02. The Morgan fingerprint density at radius 3 is 3.17 bits per heavy atom. The van der Waals surface area contributed by atoms with Gasteiger partial charge in [0.25, 0.3) is 0 Å². The highest BCUT2D eigenvalue weighted by molar-refractivity contribution is 5.42. The average Bonchev–Trinajstić information content (AvgIpc) is 2.47. The molecule has 0 bridgehead atoms. The van der Waals surface area contributed by atoms with Crippen LogP contribution in [0.15, 0.2) is 18.2 Å². The quantitative estimate of drug-likeness (QED) is 0.683. The Morgan fingerprint density at radius 1 is 1.58 bits per heavy atom. The minimum absolute atomic E-state index is 0.534. The highest BCUT2D eigenvalue weighted by Crippen LogP contribution is 2.33. The van der Waals surface area contributed by atoms with Crippen molar-refractivity contribution < 1.29 is 4.74 Å². The SMILES string of the molecule is CC1COc2cc(CN)ccc21. The third-order valence-electron chi connectivity index (χ3n) is 2.33. The Hall–Kier alpha value is -1.02. The van der Waals surface area contributed by atoms with E-state index >= 15 is 0 Å². The Morgan fingerprint density at radius 2 is 2.42 bits per heavy atom. The van der Waals surface area contributed by atoms with Crippen molar-refractivity contribution in [2.75, 3.05) is 6.61 Å². The average molecular weight is 163 g/mol. The Labute approximate surface area is 72.3 Å². The van der Waals surface area contributed by atoms with Crippen molar-refractivity contribution in [1.82, 2.24) is 0 Å². The second-order valence-electron chi connectivity index (χ2n) is 3.29. The van der Waals surface area contributed by atoms with E-state index in [1.807, 2.05) is 6.07 Å². The first-order valence-electron chi connectivity index (χ1n) is 4.27. The summed E-state index contributed by atoms with van der Waals surface area (Å²) in [6.45, 7) is 3.57. The van der Waals surface area contributed by atoms with Crippen LogP contribution in [0.5, 0.6) is 5.75 Å². The summed E-state index contributed by atoms with van der Waals surface area (Å²) in [6.07, 6.45) is 0.